The summed E-state index contributed by atoms with van der Waals surface area (Å²) in [4.78, 5) is 10.9. The molecule has 0 aliphatic rings. The smallest absolute Gasteiger partial charge is 0.320 e. The van der Waals surface area contributed by atoms with E-state index in [0.717, 1.165) is 0 Å². The van der Waals surface area contributed by atoms with Gasteiger partial charge < -0.3 is 10.4 Å². The molecule has 0 radical (unpaired) electrons. The zero-order valence-corrected chi connectivity index (χ0v) is 11.6. The summed E-state index contributed by atoms with van der Waals surface area (Å²) in [6, 6.07) is -0.584. The van der Waals surface area contributed by atoms with Crippen LogP contribution >= 0.6 is 0 Å². The van der Waals surface area contributed by atoms with Crippen LogP contribution in [-0.4, -0.2) is 43.6 Å². The molecule has 0 rings (SSSR count). The minimum absolute atomic E-state index is 0.116. The summed E-state index contributed by atoms with van der Waals surface area (Å²) >= 11 is 0. The normalized spacial score (nSPS) is 13.9. The van der Waals surface area contributed by atoms with Gasteiger partial charge in [-0.1, -0.05) is 20.8 Å². The largest absolute Gasteiger partial charge is 0.480 e. The number of sulfone groups is 1. The van der Waals surface area contributed by atoms with Crippen LogP contribution in [0, 0.1) is 5.92 Å². The molecule has 6 heteroatoms. The lowest BCUT2D eigenvalue weighted by Crippen LogP contribution is -2.38. The first-order chi connectivity index (χ1) is 7.78. The van der Waals surface area contributed by atoms with Crippen molar-refractivity contribution in [2.45, 2.75) is 39.7 Å². The van der Waals surface area contributed by atoms with Crippen molar-refractivity contribution in [1.82, 2.24) is 5.32 Å². The number of carboxylic acids is 1. The molecule has 0 spiro atoms. The Morgan fingerprint density at radius 1 is 1.35 bits per heavy atom. The van der Waals surface area contributed by atoms with Crippen molar-refractivity contribution in [2.24, 2.45) is 5.92 Å². The number of carbonyl (C=O) groups is 1. The van der Waals surface area contributed by atoms with Crippen LogP contribution < -0.4 is 5.32 Å². The quantitative estimate of drug-likeness (QED) is 0.605. The summed E-state index contributed by atoms with van der Waals surface area (Å²) in [5.74, 6) is -0.327. The molecule has 0 fully saturated rings. The molecule has 0 saturated carbocycles. The van der Waals surface area contributed by atoms with E-state index in [1.807, 2.05) is 13.8 Å². The molecule has 0 saturated heterocycles. The van der Waals surface area contributed by atoms with Crippen molar-refractivity contribution in [2.75, 3.05) is 18.1 Å². The highest BCUT2D eigenvalue weighted by Crippen LogP contribution is 2.05. The molecule has 102 valence electrons. The Labute approximate surface area is 104 Å². The van der Waals surface area contributed by atoms with Crippen LogP contribution in [0.3, 0.4) is 0 Å². The van der Waals surface area contributed by atoms with Gasteiger partial charge in [-0.05, 0) is 25.3 Å². The molecule has 0 aliphatic carbocycles. The summed E-state index contributed by atoms with van der Waals surface area (Å²) in [5.41, 5.74) is 0. The maximum Gasteiger partial charge on any atom is 0.320 e. The van der Waals surface area contributed by atoms with Gasteiger partial charge in [-0.2, -0.15) is 0 Å². The van der Waals surface area contributed by atoms with Crippen LogP contribution in [0.25, 0.3) is 0 Å². The van der Waals surface area contributed by atoms with Gasteiger partial charge in [0.1, 0.15) is 15.9 Å². The van der Waals surface area contributed by atoms with E-state index in [9.17, 15) is 13.2 Å². The first-order valence-corrected chi connectivity index (χ1v) is 7.77. The number of hydrogen-bond donors (Lipinski definition) is 2. The zero-order valence-electron chi connectivity index (χ0n) is 10.8. The van der Waals surface area contributed by atoms with Gasteiger partial charge in [0, 0.05) is 5.75 Å². The fourth-order valence-electron chi connectivity index (χ4n) is 1.46. The Bertz CT molecular complexity index is 324. The standard InChI is InChI=1S/C11H23NO4S/c1-4-17(15,16)7-5-6-12-10(11(13)14)8-9(2)3/h9-10,12H,4-8H2,1-3H3,(H,13,14). The Hall–Kier alpha value is -0.620. The predicted octanol–water partition coefficient (Wildman–Crippen LogP) is 0.900. The van der Waals surface area contributed by atoms with Crippen molar-refractivity contribution >= 4 is 15.8 Å². The van der Waals surface area contributed by atoms with Gasteiger partial charge >= 0.3 is 5.97 Å². The van der Waals surface area contributed by atoms with Crippen molar-refractivity contribution in [3.8, 4) is 0 Å². The average molecular weight is 265 g/mol. The average Bonchev–Trinajstić information content (AvgIpc) is 2.21. The van der Waals surface area contributed by atoms with E-state index in [2.05, 4.69) is 5.32 Å². The Balaban J connectivity index is 3.95. The first-order valence-electron chi connectivity index (χ1n) is 5.95. The van der Waals surface area contributed by atoms with Crippen LogP contribution in [-0.2, 0) is 14.6 Å². The van der Waals surface area contributed by atoms with E-state index in [1.54, 1.807) is 6.92 Å². The number of hydrogen-bond acceptors (Lipinski definition) is 4. The second-order valence-corrected chi connectivity index (χ2v) is 7.04. The second kappa shape index (κ2) is 7.66. The van der Waals surface area contributed by atoms with Gasteiger partial charge in [-0.3, -0.25) is 4.79 Å². The third kappa shape index (κ3) is 8.15. The number of rotatable bonds is 9. The highest BCUT2D eigenvalue weighted by molar-refractivity contribution is 7.91. The number of nitrogens with one attached hydrogen (secondary N) is 1. The molecular weight excluding hydrogens is 242 g/mol. The van der Waals surface area contributed by atoms with Crippen LogP contribution in [0.2, 0.25) is 0 Å². The lowest BCUT2D eigenvalue weighted by molar-refractivity contribution is -0.139. The molecule has 0 aromatic carbocycles. The van der Waals surface area contributed by atoms with Crippen LogP contribution in [0.15, 0.2) is 0 Å². The first kappa shape index (κ1) is 16.4. The summed E-state index contributed by atoms with van der Waals surface area (Å²) in [5, 5.41) is 11.8. The molecule has 5 nitrogen and oxygen atoms in total. The SMILES string of the molecule is CCS(=O)(=O)CCCNC(CC(C)C)C(=O)O. The minimum Gasteiger partial charge on any atom is -0.480 e. The lowest BCUT2D eigenvalue weighted by atomic mass is 10.0. The predicted molar refractivity (Wildman–Crippen MR) is 67.8 cm³/mol. The lowest BCUT2D eigenvalue weighted by Gasteiger charge is -2.16. The molecule has 0 bridgehead atoms. The van der Waals surface area contributed by atoms with E-state index in [1.165, 1.54) is 0 Å². The fraction of sp³-hybridized carbons (Fsp3) is 0.909. The minimum atomic E-state index is -2.95. The molecule has 0 aliphatic heterocycles. The van der Waals surface area contributed by atoms with Crippen molar-refractivity contribution in [3.05, 3.63) is 0 Å². The maximum atomic E-state index is 11.2. The van der Waals surface area contributed by atoms with E-state index < -0.39 is 21.8 Å². The monoisotopic (exact) mass is 265 g/mol. The molecule has 1 atom stereocenters. The van der Waals surface area contributed by atoms with Crippen LogP contribution in [0.4, 0.5) is 0 Å². The molecule has 0 aromatic rings. The third-order valence-electron chi connectivity index (χ3n) is 2.47. The van der Waals surface area contributed by atoms with Gasteiger partial charge in [-0.25, -0.2) is 8.42 Å². The zero-order chi connectivity index (χ0) is 13.5. The van der Waals surface area contributed by atoms with Crippen LogP contribution in [0.5, 0.6) is 0 Å². The molecule has 17 heavy (non-hydrogen) atoms. The van der Waals surface area contributed by atoms with E-state index in [-0.39, 0.29) is 11.5 Å². The van der Waals surface area contributed by atoms with Gasteiger partial charge in [0.2, 0.25) is 0 Å². The van der Waals surface area contributed by atoms with Crippen LogP contribution in [0.1, 0.15) is 33.6 Å². The van der Waals surface area contributed by atoms with Gasteiger partial charge in [0.15, 0.2) is 0 Å². The topological polar surface area (TPSA) is 83.5 Å². The third-order valence-corrected chi connectivity index (χ3v) is 4.26. The van der Waals surface area contributed by atoms with Crippen molar-refractivity contribution < 1.29 is 18.3 Å². The highest BCUT2D eigenvalue weighted by atomic mass is 32.2. The Kier molecular flexibility index (Phi) is 7.38. The molecule has 0 amide bonds. The summed E-state index contributed by atoms with van der Waals surface area (Å²) in [7, 11) is -2.95. The van der Waals surface area contributed by atoms with Gasteiger partial charge in [0.25, 0.3) is 0 Å². The summed E-state index contributed by atoms with van der Waals surface area (Å²) in [6.07, 6.45) is 1.01. The van der Waals surface area contributed by atoms with Crippen molar-refractivity contribution in [3.63, 3.8) is 0 Å². The Morgan fingerprint density at radius 2 is 1.94 bits per heavy atom. The molecule has 2 N–H and O–H groups in total. The van der Waals surface area contributed by atoms with E-state index in [0.29, 0.717) is 25.3 Å². The van der Waals surface area contributed by atoms with E-state index >= 15 is 0 Å². The number of aliphatic carboxylic acids is 1. The molecular formula is C11H23NO4S. The van der Waals surface area contributed by atoms with E-state index in [4.69, 9.17) is 5.11 Å². The fourth-order valence-corrected chi connectivity index (χ4v) is 2.33. The van der Waals surface area contributed by atoms with Gasteiger partial charge in [0.05, 0.1) is 5.75 Å². The molecule has 1 unspecified atom stereocenters. The van der Waals surface area contributed by atoms with Gasteiger partial charge in [-0.15, -0.1) is 0 Å². The maximum absolute atomic E-state index is 11.2. The summed E-state index contributed by atoms with van der Waals surface area (Å²) in [6.45, 7) is 5.95. The highest BCUT2D eigenvalue weighted by Gasteiger charge is 2.18. The Morgan fingerprint density at radius 3 is 2.35 bits per heavy atom. The van der Waals surface area contributed by atoms with Crippen molar-refractivity contribution in [1.29, 1.82) is 0 Å². The molecule has 0 heterocycles. The number of carboxylic acid groups (broad SMARTS) is 1. The summed E-state index contributed by atoms with van der Waals surface area (Å²) < 4.78 is 22.4. The molecule has 0 aromatic heterocycles. The second-order valence-electron chi connectivity index (χ2n) is 4.56.